The molecule has 1 fully saturated rings. The van der Waals surface area contributed by atoms with Crippen LogP contribution in [0.1, 0.15) is 12.8 Å². The number of nitrogens with zero attached hydrogens (tertiary/aromatic N) is 1. The molecule has 1 aliphatic rings. The molecule has 1 N–H and O–H groups in total. The number of benzene rings is 1. The summed E-state index contributed by atoms with van der Waals surface area (Å²) in [6.07, 6.45) is 0.101. The molecule has 5 nitrogen and oxygen atoms in total. The van der Waals surface area contributed by atoms with Gasteiger partial charge in [0, 0.05) is 13.1 Å². The lowest BCUT2D eigenvalue weighted by Crippen LogP contribution is -2.39. The second-order valence-corrected chi connectivity index (χ2v) is 6.98. The van der Waals surface area contributed by atoms with Gasteiger partial charge < -0.3 is 10.0 Å². The average Bonchev–Trinajstić information content (AvgIpc) is 2.39. The molecule has 1 aromatic carbocycles. The monoisotopic (exact) mass is 301 g/mol. The van der Waals surface area contributed by atoms with Gasteiger partial charge in [-0.1, -0.05) is 0 Å². The lowest BCUT2D eigenvalue weighted by Gasteiger charge is -2.29. The third kappa shape index (κ3) is 3.47. The number of rotatable bonds is 3. The van der Waals surface area contributed by atoms with Crippen LogP contribution in [-0.2, 0) is 9.84 Å². The Labute approximate surface area is 116 Å². The van der Waals surface area contributed by atoms with Crippen LogP contribution < -0.4 is 0 Å². The Morgan fingerprint density at radius 1 is 1.25 bits per heavy atom. The van der Waals surface area contributed by atoms with Gasteiger partial charge in [0.2, 0.25) is 0 Å². The van der Waals surface area contributed by atoms with Crippen molar-refractivity contribution in [2.45, 2.75) is 17.7 Å². The van der Waals surface area contributed by atoms with Crippen LogP contribution in [0.15, 0.2) is 29.2 Å². The van der Waals surface area contributed by atoms with Gasteiger partial charge in [0.1, 0.15) is 5.82 Å². The third-order valence-electron chi connectivity index (χ3n) is 3.51. The maximum atomic E-state index is 12.8. The van der Waals surface area contributed by atoms with Crippen LogP contribution in [0.4, 0.5) is 9.18 Å². The van der Waals surface area contributed by atoms with Crippen LogP contribution in [0.25, 0.3) is 0 Å². The molecule has 0 aromatic heterocycles. The number of carboxylic acid groups (broad SMARTS) is 1. The highest BCUT2D eigenvalue weighted by molar-refractivity contribution is 7.91. The molecule has 1 saturated heterocycles. The van der Waals surface area contributed by atoms with Gasteiger partial charge >= 0.3 is 6.09 Å². The van der Waals surface area contributed by atoms with Crippen molar-refractivity contribution in [3.05, 3.63) is 30.1 Å². The normalized spacial score (nSPS) is 17.1. The average molecular weight is 301 g/mol. The third-order valence-corrected chi connectivity index (χ3v) is 5.41. The highest BCUT2D eigenvalue weighted by atomic mass is 32.2. The van der Waals surface area contributed by atoms with Gasteiger partial charge in [-0.15, -0.1) is 0 Å². The molecule has 1 aromatic rings. The van der Waals surface area contributed by atoms with Gasteiger partial charge in [0.05, 0.1) is 10.6 Å². The summed E-state index contributed by atoms with van der Waals surface area (Å²) in [5, 5.41) is 8.83. The van der Waals surface area contributed by atoms with Crippen molar-refractivity contribution in [2.75, 3.05) is 18.8 Å². The van der Waals surface area contributed by atoms with Gasteiger partial charge in [-0.25, -0.2) is 17.6 Å². The predicted octanol–water partition coefficient (Wildman–Crippen LogP) is 1.99. The second-order valence-electron chi connectivity index (χ2n) is 4.95. The van der Waals surface area contributed by atoms with Crippen LogP contribution in [0.2, 0.25) is 0 Å². The summed E-state index contributed by atoms with van der Waals surface area (Å²) in [5.74, 6) is -0.550. The van der Waals surface area contributed by atoms with E-state index in [1.165, 1.54) is 17.0 Å². The van der Waals surface area contributed by atoms with E-state index in [0.29, 0.717) is 25.9 Å². The van der Waals surface area contributed by atoms with Crippen LogP contribution in [-0.4, -0.2) is 43.4 Å². The molecule has 0 saturated carbocycles. The fraction of sp³-hybridized carbons (Fsp3) is 0.462. The van der Waals surface area contributed by atoms with E-state index in [9.17, 15) is 17.6 Å². The first-order valence-corrected chi connectivity index (χ1v) is 8.00. The summed E-state index contributed by atoms with van der Waals surface area (Å²) in [7, 11) is -3.45. The van der Waals surface area contributed by atoms with Crippen molar-refractivity contribution in [1.82, 2.24) is 4.90 Å². The summed E-state index contributed by atoms with van der Waals surface area (Å²) in [4.78, 5) is 12.2. The van der Waals surface area contributed by atoms with E-state index in [0.717, 1.165) is 12.1 Å². The van der Waals surface area contributed by atoms with Gasteiger partial charge in [-0.3, -0.25) is 0 Å². The van der Waals surface area contributed by atoms with E-state index in [1.807, 2.05) is 0 Å². The molecule has 1 aliphatic heterocycles. The predicted molar refractivity (Wildman–Crippen MR) is 70.8 cm³/mol. The molecule has 110 valence electrons. The van der Waals surface area contributed by atoms with Gasteiger partial charge in [0.15, 0.2) is 9.84 Å². The highest BCUT2D eigenvalue weighted by Crippen LogP contribution is 2.22. The van der Waals surface area contributed by atoms with E-state index in [1.54, 1.807) is 0 Å². The molecule has 0 aliphatic carbocycles. The molecule has 1 amide bonds. The minimum absolute atomic E-state index is 0.0217. The standard InChI is InChI=1S/C13H16FNO4S/c14-11-1-3-12(4-2-11)20(18,19)9-10-5-7-15(8-6-10)13(16)17/h1-4,10H,5-9H2,(H,16,17). The van der Waals surface area contributed by atoms with E-state index in [2.05, 4.69) is 0 Å². The van der Waals surface area contributed by atoms with Gasteiger partial charge in [-0.05, 0) is 43.0 Å². The van der Waals surface area contributed by atoms with E-state index < -0.39 is 21.7 Å². The SMILES string of the molecule is O=C(O)N1CCC(CS(=O)(=O)c2ccc(F)cc2)CC1. The number of sulfone groups is 1. The van der Waals surface area contributed by atoms with Gasteiger partial charge in [0.25, 0.3) is 0 Å². The molecule has 0 spiro atoms. The van der Waals surface area contributed by atoms with Crippen LogP contribution in [0.5, 0.6) is 0 Å². The molecule has 7 heteroatoms. The van der Waals surface area contributed by atoms with Crippen molar-refractivity contribution in [2.24, 2.45) is 5.92 Å². The van der Waals surface area contributed by atoms with Crippen molar-refractivity contribution in [3.8, 4) is 0 Å². The first-order chi connectivity index (χ1) is 9.38. The smallest absolute Gasteiger partial charge is 0.407 e. The Balaban J connectivity index is 2.00. The first kappa shape index (κ1) is 14.8. The minimum atomic E-state index is -3.45. The van der Waals surface area contributed by atoms with Crippen LogP contribution >= 0.6 is 0 Å². The molecule has 0 radical (unpaired) electrons. The maximum Gasteiger partial charge on any atom is 0.407 e. The number of amides is 1. The van der Waals surface area contributed by atoms with E-state index in [-0.39, 0.29) is 16.6 Å². The lowest BCUT2D eigenvalue weighted by molar-refractivity contribution is 0.127. The van der Waals surface area contributed by atoms with Crippen molar-refractivity contribution < 1.29 is 22.7 Å². The van der Waals surface area contributed by atoms with E-state index >= 15 is 0 Å². The molecule has 2 rings (SSSR count). The summed E-state index contributed by atoms with van der Waals surface area (Å²) in [6.45, 7) is 0.720. The zero-order valence-electron chi connectivity index (χ0n) is 10.8. The molecular formula is C13H16FNO4S. The lowest BCUT2D eigenvalue weighted by atomic mass is 9.99. The first-order valence-electron chi connectivity index (χ1n) is 6.35. The molecule has 0 atom stereocenters. The summed E-state index contributed by atoms with van der Waals surface area (Å²) in [6, 6.07) is 4.77. The largest absolute Gasteiger partial charge is 0.465 e. The van der Waals surface area contributed by atoms with E-state index in [4.69, 9.17) is 5.11 Å². The number of carbonyl (C=O) groups is 1. The number of hydrogen-bond acceptors (Lipinski definition) is 3. The van der Waals surface area contributed by atoms with Crippen LogP contribution in [0, 0.1) is 11.7 Å². The molecule has 0 unspecified atom stereocenters. The topological polar surface area (TPSA) is 74.7 Å². The van der Waals surface area contributed by atoms with Crippen LogP contribution in [0.3, 0.4) is 0 Å². The number of piperidine rings is 1. The molecule has 20 heavy (non-hydrogen) atoms. The molecule has 1 heterocycles. The zero-order chi connectivity index (χ0) is 14.8. The van der Waals surface area contributed by atoms with Crippen molar-refractivity contribution >= 4 is 15.9 Å². The summed E-state index contributed by atoms with van der Waals surface area (Å²) >= 11 is 0. The minimum Gasteiger partial charge on any atom is -0.465 e. The van der Waals surface area contributed by atoms with Crippen molar-refractivity contribution in [3.63, 3.8) is 0 Å². The Morgan fingerprint density at radius 2 is 1.80 bits per heavy atom. The fourth-order valence-corrected chi connectivity index (χ4v) is 4.04. The summed E-state index contributed by atoms with van der Waals surface area (Å²) in [5.41, 5.74) is 0. The Hall–Kier alpha value is -1.63. The highest BCUT2D eigenvalue weighted by Gasteiger charge is 2.27. The number of likely N-dealkylation sites (tertiary alicyclic amines) is 1. The number of hydrogen-bond donors (Lipinski definition) is 1. The number of halogens is 1. The van der Waals surface area contributed by atoms with Crippen molar-refractivity contribution in [1.29, 1.82) is 0 Å². The Kier molecular flexibility index (Phi) is 4.27. The summed E-state index contributed by atoms with van der Waals surface area (Å²) < 4.78 is 37.1. The molecular weight excluding hydrogens is 285 g/mol. The Morgan fingerprint density at radius 3 is 2.30 bits per heavy atom. The zero-order valence-corrected chi connectivity index (χ0v) is 11.6. The molecule has 0 bridgehead atoms. The Bertz CT molecular complexity index is 577. The quantitative estimate of drug-likeness (QED) is 0.866. The fourth-order valence-electron chi connectivity index (χ4n) is 2.34. The second kappa shape index (κ2) is 5.78. The van der Waals surface area contributed by atoms with Gasteiger partial charge in [-0.2, -0.15) is 0 Å². The maximum absolute atomic E-state index is 12.8.